The molecule has 3 rings (SSSR count). The lowest BCUT2D eigenvalue weighted by atomic mass is 10.1. The number of carbonyl (C=O) groups is 1. The number of guanidine groups is 1. The normalized spacial score (nSPS) is 13.7. The van der Waals surface area contributed by atoms with E-state index >= 15 is 0 Å². The summed E-state index contributed by atoms with van der Waals surface area (Å²) in [7, 11) is 0. The quantitative estimate of drug-likeness (QED) is 0.617. The van der Waals surface area contributed by atoms with E-state index in [4.69, 9.17) is 20.9 Å². The van der Waals surface area contributed by atoms with Crippen LogP contribution in [-0.4, -0.2) is 36.2 Å². The zero-order valence-electron chi connectivity index (χ0n) is 14.5. The summed E-state index contributed by atoms with van der Waals surface area (Å²) >= 11 is 0. The van der Waals surface area contributed by atoms with Gasteiger partial charge in [-0.15, -0.1) is 4.99 Å². The Morgan fingerprint density at radius 2 is 2.12 bits per heavy atom. The van der Waals surface area contributed by atoms with Crippen molar-refractivity contribution in [3.63, 3.8) is 0 Å². The van der Waals surface area contributed by atoms with Crippen LogP contribution in [0.15, 0.2) is 47.6 Å². The van der Waals surface area contributed by atoms with E-state index in [1.807, 2.05) is 43.3 Å². The molecule has 1 fully saturated rings. The number of rotatable bonds is 5. The van der Waals surface area contributed by atoms with Crippen LogP contribution in [0.5, 0.6) is 5.75 Å². The minimum absolute atomic E-state index is 0.103. The fourth-order valence-corrected chi connectivity index (χ4v) is 2.57. The standard InChI is InChI=1S/C18H21N5O3/c1-12-5-6-15(8-21-12)26-16-9-23(10-16)14-4-2-3-13(7-14)11-25-18(24)22-17(19)20/h2-8,16H,9-11H2,1H3,(H4,19,20,22,24). The highest BCUT2D eigenvalue weighted by Gasteiger charge is 2.28. The molecule has 8 nitrogen and oxygen atoms in total. The highest BCUT2D eigenvalue weighted by Crippen LogP contribution is 2.25. The number of hydrogen-bond donors (Lipinski definition) is 2. The number of amides is 1. The molecule has 0 aliphatic carbocycles. The Balaban J connectivity index is 1.51. The van der Waals surface area contributed by atoms with E-state index in [0.717, 1.165) is 35.8 Å². The van der Waals surface area contributed by atoms with Crippen molar-refractivity contribution in [3.05, 3.63) is 53.9 Å². The topological polar surface area (TPSA) is 116 Å². The molecule has 0 spiro atoms. The van der Waals surface area contributed by atoms with E-state index in [1.165, 1.54) is 0 Å². The van der Waals surface area contributed by atoms with Gasteiger partial charge in [-0.3, -0.25) is 4.98 Å². The van der Waals surface area contributed by atoms with E-state index in [1.54, 1.807) is 6.20 Å². The lowest BCUT2D eigenvalue weighted by molar-refractivity contribution is 0.150. The van der Waals surface area contributed by atoms with Gasteiger partial charge in [-0.2, -0.15) is 0 Å². The Labute approximate surface area is 151 Å². The molecule has 4 N–H and O–H groups in total. The number of ether oxygens (including phenoxy) is 2. The lowest BCUT2D eigenvalue weighted by Gasteiger charge is -2.40. The molecule has 1 aromatic carbocycles. The van der Waals surface area contributed by atoms with Gasteiger partial charge in [0.15, 0.2) is 5.96 Å². The summed E-state index contributed by atoms with van der Waals surface area (Å²) in [6, 6.07) is 11.6. The number of nitrogens with zero attached hydrogens (tertiary/aromatic N) is 3. The first-order valence-electron chi connectivity index (χ1n) is 8.19. The van der Waals surface area contributed by atoms with Crippen LogP contribution in [-0.2, 0) is 11.3 Å². The van der Waals surface area contributed by atoms with E-state index < -0.39 is 6.09 Å². The molecule has 8 heteroatoms. The van der Waals surface area contributed by atoms with Gasteiger partial charge in [-0.25, -0.2) is 4.79 Å². The van der Waals surface area contributed by atoms with Crippen LogP contribution in [0.25, 0.3) is 0 Å². The van der Waals surface area contributed by atoms with E-state index in [9.17, 15) is 4.79 Å². The summed E-state index contributed by atoms with van der Waals surface area (Å²) < 4.78 is 10.9. The highest BCUT2D eigenvalue weighted by molar-refractivity contribution is 5.87. The van der Waals surface area contributed by atoms with Crippen molar-refractivity contribution in [1.29, 1.82) is 0 Å². The molecule has 1 amide bonds. The Bertz CT molecular complexity index is 797. The Morgan fingerprint density at radius 3 is 2.81 bits per heavy atom. The van der Waals surface area contributed by atoms with Crippen molar-refractivity contribution in [2.75, 3.05) is 18.0 Å². The molecule has 26 heavy (non-hydrogen) atoms. The monoisotopic (exact) mass is 355 g/mol. The van der Waals surface area contributed by atoms with E-state index in [-0.39, 0.29) is 18.7 Å². The van der Waals surface area contributed by atoms with Gasteiger partial charge in [0.2, 0.25) is 0 Å². The average Bonchev–Trinajstić information content (AvgIpc) is 2.57. The molecule has 1 aliphatic rings. The molecule has 136 valence electrons. The highest BCUT2D eigenvalue weighted by atomic mass is 16.5. The zero-order chi connectivity index (χ0) is 18.5. The van der Waals surface area contributed by atoms with E-state index in [0.29, 0.717) is 0 Å². The number of aliphatic imine (C=N–C) groups is 1. The molecule has 1 saturated heterocycles. The van der Waals surface area contributed by atoms with Crippen LogP contribution in [0.4, 0.5) is 10.5 Å². The molecular weight excluding hydrogens is 334 g/mol. The van der Waals surface area contributed by atoms with Gasteiger partial charge in [0, 0.05) is 11.4 Å². The number of benzene rings is 1. The largest absolute Gasteiger partial charge is 0.485 e. The number of carbonyl (C=O) groups excluding carboxylic acids is 1. The Hall–Kier alpha value is -3.29. The number of nitrogens with two attached hydrogens (primary N) is 2. The van der Waals surface area contributed by atoms with Crippen molar-refractivity contribution in [2.45, 2.75) is 19.6 Å². The first kappa shape index (κ1) is 17.5. The molecular formula is C18H21N5O3. The number of aromatic nitrogens is 1. The Morgan fingerprint density at radius 1 is 1.31 bits per heavy atom. The van der Waals surface area contributed by atoms with Crippen molar-refractivity contribution < 1.29 is 14.3 Å². The predicted octanol–water partition coefficient (Wildman–Crippen LogP) is 1.57. The van der Waals surface area contributed by atoms with E-state index in [2.05, 4.69) is 14.9 Å². The molecule has 0 unspecified atom stereocenters. The van der Waals surface area contributed by atoms with Gasteiger partial charge in [0.05, 0.1) is 19.3 Å². The summed E-state index contributed by atoms with van der Waals surface area (Å²) in [5.74, 6) is 0.458. The van der Waals surface area contributed by atoms with Crippen molar-refractivity contribution in [3.8, 4) is 5.75 Å². The van der Waals surface area contributed by atoms with Crippen LogP contribution >= 0.6 is 0 Å². The first-order valence-corrected chi connectivity index (χ1v) is 8.19. The second kappa shape index (κ2) is 7.73. The minimum Gasteiger partial charge on any atom is -0.485 e. The summed E-state index contributed by atoms with van der Waals surface area (Å²) in [5, 5.41) is 0. The SMILES string of the molecule is Cc1ccc(OC2CN(c3cccc(COC(=O)N=C(N)N)c3)C2)cn1. The first-order chi connectivity index (χ1) is 12.5. The summed E-state index contributed by atoms with van der Waals surface area (Å²) in [6.07, 6.45) is 1.06. The molecule has 0 radical (unpaired) electrons. The third-order valence-corrected chi connectivity index (χ3v) is 3.89. The Kier molecular flexibility index (Phi) is 5.21. The molecule has 2 aromatic rings. The van der Waals surface area contributed by atoms with Gasteiger partial charge >= 0.3 is 6.09 Å². The van der Waals surface area contributed by atoms with Crippen LogP contribution in [0.3, 0.4) is 0 Å². The molecule has 1 aliphatic heterocycles. The van der Waals surface area contributed by atoms with Gasteiger partial charge in [0.1, 0.15) is 18.5 Å². The predicted molar refractivity (Wildman–Crippen MR) is 98.0 cm³/mol. The lowest BCUT2D eigenvalue weighted by Crippen LogP contribution is -2.54. The molecule has 0 atom stereocenters. The third-order valence-electron chi connectivity index (χ3n) is 3.89. The minimum atomic E-state index is -0.806. The molecule has 2 heterocycles. The molecule has 0 bridgehead atoms. The zero-order valence-corrected chi connectivity index (χ0v) is 14.5. The molecule has 1 aromatic heterocycles. The van der Waals surface area contributed by atoms with Gasteiger partial charge in [0.25, 0.3) is 0 Å². The van der Waals surface area contributed by atoms with Gasteiger partial charge in [-0.05, 0) is 36.8 Å². The van der Waals surface area contributed by atoms with Gasteiger partial charge in [-0.1, -0.05) is 12.1 Å². The number of aryl methyl sites for hydroxylation is 1. The van der Waals surface area contributed by atoms with Crippen molar-refractivity contribution >= 4 is 17.7 Å². The fraction of sp³-hybridized carbons (Fsp3) is 0.278. The average molecular weight is 355 g/mol. The number of hydrogen-bond acceptors (Lipinski definition) is 5. The molecule has 0 saturated carbocycles. The van der Waals surface area contributed by atoms with Crippen LogP contribution in [0.2, 0.25) is 0 Å². The smallest absolute Gasteiger partial charge is 0.437 e. The van der Waals surface area contributed by atoms with Crippen LogP contribution in [0, 0.1) is 6.92 Å². The number of anilines is 1. The maximum absolute atomic E-state index is 11.3. The van der Waals surface area contributed by atoms with Crippen molar-refractivity contribution in [1.82, 2.24) is 4.98 Å². The van der Waals surface area contributed by atoms with Crippen molar-refractivity contribution in [2.24, 2.45) is 16.5 Å². The van der Waals surface area contributed by atoms with Gasteiger partial charge < -0.3 is 25.8 Å². The maximum Gasteiger partial charge on any atom is 0.437 e. The maximum atomic E-state index is 11.3. The van der Waals surface area contributed by atoms with Crippen LogP contribution in [0.1, 0.15) is 11.3 Å². The fourth-order valence-electron chi connectivity index (χ4n) is 2.57. The summed E-state index contributed by atoms with van der Waals surface area (Å²) in [4.78, 5) is 21.1. The third kappa shape index (κ3) is 4.62. The second-order valence-corrected chi connectivity index (χ2v) is 6.04. The second-order valence-electron chi connectivity index (χ2n) is 6.04. The summed E-state index contributed by atoms with van der Waals surface area (Å²) in [6.45, 7) is 3.61. The van der Waals surface area contributed by atoms with Crippen LogP contribution < -0.4 is 21.1 Å². The summed E-state index contributed by atoms with van der Waals surface area (Å²) in [5.41, 5.74) is 13.1. The number of pyridine rings is 1.